The molecule has 8 nitrogen and oxygen atoms in total. The molecule has 0 atom stereocenters. The number of pyridine rings is 1. The van der Waals surface area contributed by atoms with Crippen LogP contribution in [0.1, 0.15) is 49.2 Å². The van der Waals surface area contributed by atoms with Crippen LogP contribution in [-0.4, -0.2) is 32.6 Å². The number of aromatic nitrogens is 1. The summed E-state index contributed by atoms with van der Waals surface area (Å²) in [4.78, 5) is 27.4. The first-order valence-corrected chi connectivity index (χ1v) is 9.08. The van der Waals surface area contributed by atoms with Crippen LogP contribution < -0.4 is 5.32 Å². The lowest BCUT2D eigenvalue weighted by molar-refractivity contribution is -0.143. The second kappa shape index (κ2) is 8.22. The number of hydrogen-bond acceptors (Lipinski definition) is 6. The Morgan fingerprint density at radius 1 is 1.31 bits per heavy atom. The molecule has 0 bridgehead atoms. The molecule has 0 radical (unpaired) electrons. The number of aromatic hydroxyl groups is 1. The minimum Gasteiger partial charge on any atom is -0.505 e. The Morgan fingerprint density at radius 3 is 2.76 bits per heavy atom. The topological polar surface area (TPSA) is 118 Å². The number of carbonyl (C=O) groups is 2. The number of ether oxygens (including phenoxy) is 2. The largest absolute Gasteiger partial charge is 0.505 e. The highest BCUT2D eigenvalue weighted by Crippen LogP contribution is 2.30. The number of aliphatic carboxylic acids is 1. The maximum absolute atomic E-state index is 12.3. The fourth-order valence-corrected chi connectivity index (χ4v) is 2.75. The summed E-state index contributed by atoms with van der Waals surface area (Å²) in [5.74, 6) is -1.44. The predicted octanol–water partition coefficient (Wildman–Crippen LogP) is 3.23. The molecule has 3 N–H and O–H groups in total. The Morgan fingerprint density at radius 2 is 2.10 bits per heavy atom. The first-order chi connectivity index (χ1) is 13.8. The van der Waals surface area contributed by atoms with Crippen molar-refractivity contribution in [2.24, 2.45) is 0 Å². The average molecular weight is 398 g/mol. The molecule has 2 heterocycles. The van der Waals surface area contributed by atoms with E-state index in [0.717, 1.165) is 12.8 Å². The normalized spacial score (nSPS) is 16.0. The van der Waals surface area contributed by atoms with E-state index in [1.807, 2.05) is 12.2 Å². The standard InChI is InChI=1S/C21H22N2O6/c1-21(2,20(26)27)23-19(25)18-16(24)9-14(10-22-18)17-12-28-11-15(29-17)8-13-6-4-3-5-7-13/h3-4,6,9-12,24H,5,7-8H2,1-2H3,(H,23,25)(H,26,27). The van der Waals surface area contributed by atoms with Crippen molar-refractivity contribution < 1.29 is 29.3 Å². The molecule has 1 aliphatic heterocycles. The third-order valence-electron chi connectivity index (χ3n) is 4.44. The molecule has 1 aliphatic carbocycles. The van der Waals surface area contributed by atoms with Gasteiger partial charge in [-0.2, -0.15) is 0 Å². The van der Waals surface area contributed by atoms with Gasteiger partial charge < -0.3 is 25.0 Å². The maximum atomic E-state index is 12.3. The number of rotatable bonds is 6. The molecule has 8 heteroatoms. The highest BCUT2D eigenvalue weighted by molar-refractivity contribution is 5.98. The summed E-state index contributed by atoms with van der Waals surface area (Å²) in [6.07, 6.45) is 13.0. The lowest BCUT2D eigenvalue weighted by atomic mass is 10.0. The average Bonchev–Trinajstić information content (AvgIpc) is 2.68. The summed E-state index contributed by atoms with van der Waals surface area (Å²) in [6.45, 7) is 2.67. The summed E-state index contributed by atoms with van der Waals surface area (Å²) in [5, 5.41) is 21.7. The Bertz CT molecular complexity index is 956. The van der Waals surface area contributed by atoms with Crippen LogP contribution in [0.15, 0.2) is 54.3 Å². The second-order valence-electron chi connectivity index (χ2n) is 7.25. The SMILES string of the molecule is CC(C)(NC(=O)c1ncc(C2=COC=C(CC3=CC=CCC3)O2)cc1O)C(=O)O. The Labute approximate surface area is 167 Å². The van der Waals surface area contributed by atoms with E-state index in [4.69, 9.17) is 14.6 Å². The van der Waals surface area contributed by atoms with Crippen molar-refractivity contribution in [1.82, 2.24) is 10.3 Å². The molecule has 0 saturated carbocycles. The van der Waals surface area contributed by atoms with Crippen molar-refractivity contribution in [2.45, 2.75) is 38.6 Å². The van der Waals surface area contributed by atoms with Crippen LogP contribution in [-0.2, 0) is 14.3 Å². The van der Waals surface area contributed by atoms with Crippen LogP contribution in [0.5, 0.6) is 5.75 Å². The highest BCUT2D eigenvalue weighted by Gasteiger charge is 2.31. The number of carbonyl (C=O) groups excluding carboxylic acids is 1. The Kier molecular flexibility index (Phi) is 5.72. The van der Waals surface area contributed by atoms with E-state index in [0.29, 0.717) is 23.5 Å². The summed E-state index contributed by atoms with van der Waals surface area (Å²) in [7, 11) is 0. The summed E-state index contributed by atoms with van der Waals surface area (Å²) in [5.41, 5.74) is -0.150. The van der Waals surface area contributed by atoms with E-state index < -0.39 is 23.2 Å². The highest BCUT2D eigenvalue weighted by atomic mass is 16.5. The van der Waals surface area contributed by atoms with Crippen LogP contribution in [0.3, 0.4) is 0 Å². The van der Waals surface area contributed by atoms with Crippen LogP contribution in [0, 0.1) is 0 Å². The molecule has 0 aromatic carbocycles. The number of allylic oxidation sites excluding steroid dienone is 4. The number of nitrogens with one attached hydrogen (secondary N) is 1. The van der Waals surface area contributed by atoms with Gasteiger partial charge >= 0.3 is 5.97 Å². The quantitative estimate of drug-likeness (QED) is 0.673. The zero-order valence-electron chi connectivity index (χ0n) is 16.1. The van der Waals surface area contributed by atoms with Gasteiger partial charge in [0, 0.05) is 18.2 Å². The molecule has 29 heavy (non-hydrogen) atoms. The van der Waals surface area contributed by atoms with Gasteiger partial charge in [-0.15, -0.1) is 0 Å². The summed E-state index contributed by atoms with van der Waals surface area (Å²) >= 11 is 0. The first-order valence-electron chi connectivity index (χ1n) is 9.08. The molecule has 1 aromatic rings. The maximum Gasteiger partial charge on any atom is 0.328 e. The Hall–Kier alpha value is -3.55. The van der Waals surface area contributed by atoms with E-state index >= 15 is 0 Å². The van der Waals surface area contributed by atoms with E-state index in [-0.39, 0.29) is 5.69 Å². The molecule has 152 valence electrons. The Balaban J connectivity index is 1.70. The van der Waals surface area contributed by atoms with Crippen molar-refractivity contribution in [3.63, 3.8) is 0 Å². The van der Waals surface area contributed by atoms with Crippen molar-refractivity contribution in [3.8, 4) is 5.75 Å². The van der Waals surface area contributed by atoms with Crippen LogP contribution in [0.4, 0.5) is 0 Å². The van der Waals surface area contributed by atoms with Gasteiger partial charge in [-0.3, -0.25) is 4.79 Å². The van der Waals surface area contributed by atoms with Gasteiger partial charge in [-0.05, 0) is 32.8 Å². The van der Waals surface area contributed by atoms with E-state index in [2.05, 4.69) is 16.4 Å². The zero-order valence-corrected chi connectivity index (χ0v) is 16.1. The van der Waals surface area contributed by atoms with Crippen LogP contribution >= 0.6 is 0 Å². The molecule has 0 saturated heterocycles. The monoisotopic (exact) mass is 398 g/mol. The minimum atomic E-state index is -1.50. The van der Waals surface area contributed by atoms with Crippen molar-refractivity contribution in [3.05, 3.63) is 65.6 Å². The van der Waals surface area contributed by atoms with Crippen molar-refractivity contribution in [2.75, 3.05) is 0 Å². The molecule has 0 fully saturated rings. The lowest BCUT2D eigenvalue weighted by Gasteiger charge is -2.21. The second-order valence-corrected chi connectivity index (χ2v) is 7.25. The fourth-order valence-electron chi connectivity index (χ4n) is 2.75. The molecule has 2 aliphatic rings. The van der Waals surface area contributed by atoms with Crippen LogP contribution in [0.2, 0.25) is 0 Å². The third-order valence-corrected chi connectivity index (χ3v) is 4.44. The smallest absolute Gasteiger partial charge is 0.328 e. The fraction of sp³-hybridized carbons (Fsp3) is 0.286. The number of carboxylic acid groups (broad SMARTS) is 1. The third kappa shape index (κ3) is 4.84. The molecule has 0 spiro atoms. The van der Waals surface area contributed by atoms with Gasteiger partial charge in [0.15, 0.2) is 11.5 Å². The van der Waals surface area contributed by atoms with Gasteiger partial charge in [0.1, 0.15) is 29.6 Å². The number of carboxylic acids is 1. The molecule has 1 amide bonds. The van der Waals surface area contributed by atoms with Gasteiger partial charge in [0.25, 0.3) is 5.91 Å². The van der Waals surface area contributed by atoms with E-state index in [1.165, 1.54) is 44.2 Å². The van der Waals surface area contributed by atoms with Gasteiger partial charge in [0.05, 0.1) is 0 Å². The van der Waals surface area contributed by atoms with E-state index in [1.54, 1.807) is 0 Å². The molecule has 3 rings (SSSR count). The van der Waals surface area contributed by atoms with Crippen molar-refractivity contribution >= 4 is 17.6 Å². The first kappa shape index (κ1) is 20.2. The van der Waals surface area contributed by atoms with Crippen LogP contribution in [0.25, 0.3) is 5.76 Å². The van der Waals surface area contributed by atoms with E-state index in [9.17, 15) is 14.7 Å². The molecule has 1 aromatic heterocycles. The van der Waals surface area contributed by atoms with Gasteiger partial charge in [-0.1, -0.05) is 23.8 Å². The summed E-state index contributed by atoms with van der Waals surface area (Å²) < 4.78 is 11.2. The van der Waals surface area contributed by atoms with Gasteiger partial charge in [0.2, 0.25) is 0 Å². The molecular weight excluding hydrogens is 376 g/mol. The number of amides is 1. The number of hydrogen-bond donors (Lipinski definition) is 3. The summed E-state index contributed by atoms with van der Waals surface area (Å²) in [6, 6.07) is 1.32. The zero-order chi connectivity index (χ0) is 21.0. The minimum absolute atomic E-state index is 0.282. The predicted molar refractivity (Wildman–Crippen MR) is 104 cm³/mol. The van der Waals surface area contributed by atoms with Crippen molar-refractivity contribution in [1.29, 1.82) is 0 Å². The van der Waals surface area contributed by atoms with Gasteiger partial charge in [-0.25, -0.2) is 9.78 Å². The molecule has 0 unspecified atom stereocenters. The lowest BCUT2D eigenvalue weighted by Crippen LogP contribution is -2.49. The molecular formula is C21H22N2O6. The number of nitrogens with zero attached hydrogens (tertiary/aromatic N) is 1.